The van der Waals surface area contributed by atoms with Crippen LogP contribution in [0.2, 0.25) is 0 Å². The summed E-state index contributed by atoms with van der Waals surface area (Å²) in [5.41, 5.74) is 0. The predicted molar refractivity (Wildman–Crippen MR) is 307 cm³/mol. The van der Waals surface area contributed by atoms with Gasteiger partial charge in [-0.25, -0.2) is 0 Å². The molecule has 0 bridgehead atoms. The summed E-state index contributed by atoms with van der Waals surface area (Å²) in [7, 11) is 0. The Balaban J connectivity index is 4.31. The Kier molecular flexibility index (Phi) is 57.2. The van der Waals surface area contributed by atoms with Crippen LogP contribution in [0, 0.1) is 0 Å². The lowest BCUT2D eigenvalue weighted by Gasteiger charge is -2.18. The van der Waals surface area contributed by atoms with Gasteiger partial charge < -0.3 is 14.2 Å². The molecule has 0 saturated heterocycles. The van der Waals surface area contributed by atoms with Crippen LogP contribution in [0.5, 0.6) is 0 Å². The summed E-state index contributed by atoms with van der Waals surface area (Å²) in [6.45, 7) is 6.56. The van der Waals surface area contributed by atoms with E-state index in [0.717, 1.165) is 96.3 Å². The summed E-state index contributed by atoms with van der Waals surface area (Å²) in [6, 6.07) is 0. The van der Waals surface area contributed by atoms with Gasteiger partial charge in [-0.3, -0.25) is 14.4 Å². The van der Waals surface area contributed by atoms with Crippen LogP contribution >= 0.6 is 0 Å². The Bertz CT molecular complexity index is 1280. The topological polar surface area (TPSA) is 78.9 Å². The lowest BCUT2D eigenvalue weighted by atomic mass is 10.0. The van der Waals surface area contributed by atoms with Gasteiger partial charge in [-0.15, -0.1) is 0 Å². The molecule has 6 nitrogen and oxygen atoms in total. The largest absolute Gasteiger partial charge is 0.462 e. The van der Waals surface area contributed by atoms with Crippen molar-refractivity contribution in [3.05, 3.63) is 60.8 Å². The van der Waals surface area contributed by atoms with Crippen molar-refractivity contribution < 1.29 is 28.6 Å². The number of carbonyl (C=O) groups is 3. The molecule has 0 radical (unpaired) electrons. The number of ether oxygens (including phenoxy) is 3. The molecule has 1 atom stereocenters. The summed E-state index contributed by atoms with van der Waals surface area (Å²) >= 11 is 0. The second kappa shape index (κ2) is 59.7. The quantitative estimate of drug-likeness (QED) is 0.0261. The molecular weight excluding hydrogens is 877 g/mol. The molecule has 6 heteroatoms. The van der Waals surface area contributed by atoms with Crippen LogP contribution < -0.4 is 0 Å². The van der Waals surface area contributed by atoms with Crippen LogP contribution in [-0.2, 0) is 28.6 Å². The third-order valence-electron chi connectivity index (χ3n) is 13.5. The summed E-state index contributed by atoms with van der Waals surface area (Å²) < 4.78 is 16.9. The predicted octanol–water partition coefficient (Wildman–Crippen LogP) is 20.8. The summed E-state index contributed by atoms with van der Waals surface area (Å²) in [5, 5.41) is 0. The number of hydrogen-bond donors (Lipinski definition) is 0. The maximum Gasteiger partial charge on any atom is 0.306 e. The Hall–Kier alpha value is -2.89. The highest BCUT2D eigenvalue weighted by molar-refractivity contribution is 5.71. The maximum absolute atomic E-state index is 12.9. The number of allylic oxidation sites excluding steroid dienone is 10. The number of hydrogen-bond acceptors (Lipinski definition) is 6. The standard InChI is InChI=1S/C65H116O6/c1-4-7-10-13-16-19-22-25-27-29-31-32-33-34-35-37-38-40-43-46-49-52-55-58-64(67)70-61-62(60-69-63(66)57-54-51-48-45-42-24-21-18-15-12-9-6-3)71-65(68)59-56-53-50-47-44-41-39-36-30-28-26-23-20-17-14-11-8-5-2/h7,10,16,19,25,27,31-32,34-35,62H,4-6,8-9,11-15,17-18,20-24,26,28-30,33,36-61H2,1-3H3/b10-7-,19-16-,27-25-,32-31-,35-34-. The second-order valence-corrected chi connectivity index (χ2v) is 20.6. The zero-order chi connectivity index (χ0) is 51.4. The third-order valence-corrected chi connectivity index (χ3v) is 13.5. The molecule has 0 aliphatic carbocycles. The molecule has 0 aromatic rings. The van der Waals surface area contributed by atoms with Crippen molar-refractivity contribution in [2.24, 2.45) is 0 Å². The molecular formula is C65H116O6. The van der Waals surface area contributed by atoms with Gasteiger partial charge in [-0.05, 0) is 64.2 Å². The van der Waals surface area contributed by atoms with Crippen LogP contribution in [-0.4, -0.2) is 37.2 Å². The molecule has 0 saturated carbocycles. The second-order valence-electron chi connectivity index (χ2n) is 20.6. The first-order valence-corrected chi connectivity index (χ1v) is 30.8. The van der Waals surface area contributed by atoms with Gasteiger partial charge in [-0.1, -0.05) is 293 Å². The summed E-state index contributed by atoms with van der Waals surface area (Å²) in [6.07, 6.45) is 75.0. The minimum Gasteiger partial charge on any atom is -0.462 e. The summed E-state index contributed by atoms with van der Waals surface area (Å²) in [5.74, 6) is -0.867. The smallest absolute Gasteiger partial charge is 0.306 e. The molecule has 0 rings (SSSR count). The fourth-order valence-corrected chi connectivity index (χ4v) is 8.94. The van der Waals surface area contributed by atoms with E-state index in [4.69, 9.17) is 14.2 Å². The van der Waals surface area contributed by atoms with Crippen molar-refractivity contribution in [3.63, 3.8) is 0 Å². The Morgan fingerprint density at radius 1 is 0.296 bits per heavy atom. The molecule has 0 fully saturated rings. The van der Waals surface area contributed by atoms with Crippen molar-refractivity contribution in [2.45, 2.75) is 322 Å². The number of unbranched alkanes of at least 4 members (excludes halogenated alkanes) is 35. The van der Waals surface area contributed by atoms with E-state index >= 15 is 0 Å². The number of esters is 3. The third kappa shape index (κ3) is 57.9. The highest BCUT2D eigenvalue weighted by Gasteiger charge is 2.19. The van der Waals surface area contributed by atoms with Crippen LogP contribution in [0.4, 0.5) is 0 Å². The first-order chi connectivity index (χ1) is 35.0. The van der Waals surface area contributed by atoms with Crippen LogP contribution in [0.15, 0.2) is 60.8 Å². The highest BCUT2D eigenvalue weighted by atomic mass is 16.6. The average Bonchev–Trinajstić information content (AvgIpc) is 3.37. The Morgan fingerprint density at radius 3 is 0.859 bits per heavy atom. The summed E-state index contributed by atoms with van der Waals surface area (Å²) in [4.78, 5) is 38.2. The van der Waals surface area contributed by atoms with E-state index in [2.05, 4.69) is 81.5 Å². The molecule has 0 amide bonds. The van der Waals surface area contributed by atoms with Crippen LogP contribution in [0.3, 0.4) is 0 Å². The van der Waals surface area contributed by atoms with Crippen LogP contribution in [0.25, 0.3) is 0 Å². The lowest BCUT2D eigenvalue weighted by Crippen LogP contribution is -2.30. The monoisotopic (exact) mass is 993 g/mol. The minimum atomic E-state index is -0.775. The molecule has 0 N–H and O–H groups in total. The van der Waals surface area contributed by atoms with E-state index in [1.165, 1.54) is 180 Å². The van der Waals surface area contributed by atoms with E-state index in [-0.39, 0.29) is 31.1 Å². The molecule has 412 valence electrons. The zero-order valence-corrected chi connectivity index (χ0v) is 47.2. The zero-order valence-electron chi connectivity index (χ0n) is 47.2. The number of rotatable bonds is 56. The normalized spacial score (nSPS) is 12.4. The molecule has 71 heavy (non-hydrogen) atoms. The van der Waals surface area contributed by atoms with Gasteiger partial charge in [0.05, 0.1) is 0 Å². The fraction of sp³-hybridized carbons (Fsp3) is 0.800. The lowest BCUT2D eigenvalue weighted by molar-refractivity contribution is -0.167. The Morgan fingerprint density at radius 2 is 0.549 bits per heavy atom. The van der Waals surface area contributed by atoms with Crippen molar-refractivity contribution in [1.29, 1.82) is 0 Å². The first-order valence-electron chi connectivity index (χ1n) is 30.8. The van der Waals surface area contributed by atoms with Gasteiger partial charge in [-0.2, -0.15) is 0 Å². The molecule has 0 heterocycles. The van der Waals surface area contributed by atoms with Crippen molar-refractivity contribution in [2.75, 3.05) is 13.2 Å². The van der Waals surface area contributed by atoms with Crippen LogP contribution in [0.1, 0.15) is 316 Å². The van der Waals surface area contributed by atoms with Crippen molar-refractivity contribution >= 4 is 17.9 Å². The maximum atomic E-state index is 12.9. The molecule has 1 unspecified atom stereocenters. The minimum absolute atomic E-state index is 0.0731. The number of carbonyl (C=O) groups excluding carboxylic acids is 3. The molecule has 0 aromatic heterocycles. The van der Waals surface area contributed by atoms with E-state index < -0.39 is 6.10 Å². The van der Waals surface area contributed by atoms with E-state index in [1.807, 2.05) is 0 Å². The van der Waals surface area contributed by atoms with Gasteiger partial charge in [0.15, 0.2) is 6.10 Å². The van der Waals surface area contributed by atoms with Crippen molar-refractivity contribution in [1.82, 2.24) is 0 Å². The molecule has 0 spiro atoms. The van der Waals surface area contributed by atoms with Gasteiger partial charge >= 0.3 is 17.9 Å². The van der Waals surface area contributed by atoms with E-state index in [1.54, 1.807) is 0 Å². The van der Waals surface area contributed by atoms with E-state index in [9.17, 15) is 14.4 Å². The van der Waals surface area contributed by atoms with Gasteiger partial charge in [0.25, 0.3) is 0 Å². The van der Waals surface area contributed by atoms with Gasteiger partial charge in [0, 0.05) is 19.3 Å². The first kappa shape index (κ1) is 68.1. The van der Waals surface area contributed by atoms with Gasteiger partial charge in [0.2, 0.25) is 0 Å². The SMILES string of the molecule is CC/C=C\C/C=C\C/C=C\C/C=C\C/C=C\CCCCCCCCCC(=O)OCC(COC(=O)CCCCCCCCCCCCCC)OC(=O)CCCCCCCCCCCCCCCCCCCC. The van der Waals surface area contributed by atoms with Gasteiger partial charge in [0.1, 0.15) is 13.2 Å². The molecule has 0 aliphatic heterocycles. The van der Waals surface area contributed by atoms with E-state index in [0.29, 0.717) is 19.3 Å². The molecule has 0 aliphatic rings. The average molecular weight is 994 g/mol. The molecule has 0 aromatic carbocycles. The fourth-order valence-electron chi connectivity index (χ4n) is 8.94. The highest BCUT2D eigenvalue weighted by Crippen LogP contribution is 2.17. The van der Waals surface area contributed by atoms with Crippen molar-refractivity contribution in [3.8, 4) is 0 Å². The Labute approximate surface area is 440 Å².